The second kappa shape index (κ2) is 4.76. The molecule has 0 radical (unpaired) electrons. The Balaban J connectivity index is 2.52. The Morgan fingerprint density at radius 3 is 2.60 bits per heavy atom. The van der Waals surface area contributed by atoms with Crippen molar-refractivity contribution in [3.05, 3.63) is 40.1 Å². The summed E-state index contributed by atoms with van der Waals surface area (Å²) in [6.07, 6.45) is 1.74. The summed E-state index contributed by atoms with van der Waals surface area (Å²) in [6, 6.07) is 9.92. The summed E-state index contributed by atoms with van der Waals surface area (Å²) in [6.45, 7) is 0. The van der Waals surface area contributed by atoms with Gasteiger partial charge in [-0.05, 0) is 22.6 Å². The zero-order chi connectivity index (χ0) is 10.7. The molecule has 1 aromatic heterocycles. The Labute approximate surface area is 106 Å². The van der Waals surface area contributed by atoms with Crippen LogP contribution in [-0.2, 0) is 0 Å². The Morgan fingerprint density at radius 1 is 1.20 bits per heavy atom. The first kappa shape index (κ1) is 10.6. The van der Waals surface area contributed by atoms with Gasteiger partial charge in [0.15, 0.2) is 0 Å². The number of anilines is 1. The molecule has 0 saturated carbocycles. The van der Waals surface area contributed by atoms with Crippen molar-refractivity contribution in [2.24, 2.45) is 0 Å². The number of hydrogen-bond acceptors (Lipinski definition) is 3. The van der Waals surface area contributed by atoms with Crippen molar-refractivity contribution in [2.75, 3.05) is 4.84 Å². The highest BCUT2D eigenvalue weighted by Gasteiger charge is 2.06. The van der Waals surface area contributed by atoms with E-state index in [4.69, 9.17) is 11.8 Å². The van der Waals surface area contributed by atoms with Crippen LogP contribution in [0.15, 0.2) is 36.5 Å². The number of rotatable bonds is 2. The van der Waals surface area contributed by atoms with Crippen LogP contribution in [0.25, 0.3) is 11.3 Å². The Kier molecular flexibility index (Phi) is 3.37. The van der Waals surface area contributed by atoms with Gasteiger partial charge in [-0.1, -0.05) is 30.3 Å². The van der Waals surface area contributed by atoms with Crippen molar-refractivity contribution >= 4 is 40.3 Å². The molecule has 76 valence electrons. The molecular weight excluding hydrogens is 324 g/mol. The molecule has 0 aliphatic heterocycles. The average Bonchev–Trinajstić information content (AvgIpc) is 2.31. The minimum absolute atomic E-state index is 0.413. The SMILES string of the molecule is ClNc1ncc(I)c(-c2ccccc2)n1. The first-order valence-corrected chi connectivity index (χ1v) is 5.71. The van der Waals surface area contributed by atoms with Crippen LogP contribution in [0.3, 0.4) is 0 Å². The van der Waals surface area contributed by atoms with Crippen LogP contribution in [0.4, 0.5) is 5.95 Å². The van der Waals surface area contributed by atoms with Crippen molar-refractivity contribution in [3.63, 3.8) is 0 Å². The van der Waals surface area contributed by atoms with E-state index in [1.165, 1.54) is 0 Å². The lowest BCUT2D eigenvalue weighted by Gasteiger charge is -2.04. The molecule has 0 bridgehead atoms. The molecule has 0 spiro atoms. The molecule has 0 amide bonds. The normalized spacial score (nSPS) is 10.0. The number of nitrogens with zero attached hydrogens (tertiary/aromatic N) is 2. The highest BCUT2D eigenvalue weighted by atomic mass is 127. The van der Waals surface area contributed by atoms with E-state index in [9.17, 15) is 0 Å². The maximum Gasteiger partial charge on any atom is 0.238 e. The summed E-state index contributed by atoms with van der Waals surface area (Å²) in [5.41, 5.74) is 1.94. The smallest absolute Gasteiger partial charge is 0.238 e. The fourth-order valence-electron chi connectivity index (χ4n) is 1.21. The Morgan fingerprint density at radius 2 is 1.93 bits per heavy atom. The van der Waals surface area contributed by atoms with Crippen LogP contribution in [0, 0.1) is 3.57 Å². The van der Waals surface area contributed by atoms with Crippen LogP contribution < -0.4 is 4.84 Å². The molecule has 2 rings (SSSR count). The Hall–Kier alpha value is -0.880. The number of halogens is 2. The van der Waals surface area contributed by atoms with Gasteiger partial charge in [0.1, 0.15) is 0 Å². The molecule has 15 heavy (non-hydrogen) atoms. The molecule has 1 N–H and O–H groups in total. The lowest BCUT2D eigenvalue weighted by molar-refractivity contribution is 1.17. The topological polar surface area (TPSA) is 37.8 Å². The van der Waals surface area contributed by atoms with Crippen LogP contribution >= 0.6 is 34.4 Å². The van der Waals surface area contributed by atoms with Crippen molar-refractivity contribution in [1.29, 1.82) is 0 Å². The maximum atomic E-state index is 5.46. The van der Waals surface area contributed by atoms with Gasteiger partial charge in [0.05, 0.1) is 9.26 Å². The molecular formula is C10H7ClIN3. The largest absolute Gasteiger partial charge is 0.266 e. The molecule has 0 atom stereocenters. The first-order valence-electron chi connectivity index (χ1n) is 4.26. The second-order valence-corrected chi connectivity index (χ2v) is 4.20. The lowest BCUT2D eigenvalue weighted by atomic mass is 10.1. The highest BCUT2D eigenvalue weighted by Crippen LogP contribution is 2.23. The minimum atomic E-state index is 0.413. The van der Waals surface area contributed by atoms with Gasteiger partial charge in [0, 0.05) is 23.5 Å². The number of hydrogen-bond donors (Lipinski definition) is 1. The zero-order valence-corrected chi connectivity index (χ0v) is 10.5. The molecule has 5 heteroatoms. The van der Waals surface area contributed by atoms with E-state index >= 15 is 0 Å². The van der Waals surface area contributed by atoms with E-state index in [-0.39, 0.29) is 0 Å². The summed E-state index contributed by atoms with van der Waals surface area (Å²) < 4.78 is 0.995. The standard InChI is InChI=1S/C10H7ClIN3/c11-15-10-13-6-8(12)9(14-10)7-4-2-1-3-5-7/h1-6H,(H,13,14,15). The van der Waals surface area contributed by atoms with Crippen LogP contribution in [0.5, 0.6) is 0 Å². The predicted octanol–water partition coefficient (Wildman–Crippen LogP) is 3.31. The van der Waals surface area contributed by atoms with Gasteiger partial charge >= 0.3 is 0 Å². The van der Waals surface area contributed by atoms with Crippen molar-refractivity contribution in [2.45, 2.75) is 0 Å². The Bertz CT molecular complexity index is 461. The summed E-state index contributed by atoms with van der Waals surface area (Å²) in [4.78, 5) is 10.7. The van der Waals surface area contributed by atoms with Gasteiger partial charge in [-0.25, -0.2) is 9.97 Å². The predicted molar refractivity (Wildman–Crippen MR) is 69.7 cm³/mol. The number of aromatic nitrogens is 2. The molecule has 2 aromatic rings. The number of benzene rings is 1. The van der Waals surface area contributed by atoms with Crippen molar-refractivity contribution in [1.82, 2.24) is 9.97 Å². The average molecular weight is 332 g/mol. The van der Waals surface area contributed by atoms with Gasteiger partial charge in [0.2, 0.25) is 5.95 Å². The summed E-state index contributed by atoms with van der Waals surface area (Å²) in [5.74, 6) is 0.413. The van der Waals surface area contributed by atoms with Gasteiger partial charge in [-0.15, -0.1) is 0 Å². The molecule has 0 unspecified atom stereocenters. The van der Waals surface area contributed by atoms with E-state index < -0.39 is 0 Å². The van der Waals surface area contributed by atoms with Crippen molar-refractivity contribution in [3.8, 4) is 11.3 Å². The van der Waals surface area contributed by atoms with Gasteiger partial charge in [0.25, 0.3) is 0 Å². The summed E-state index contributed by atoms with van der Waals surface area (Å²) in [7, 11) is 0. The third kappa shape index (κ3) is 2.38. The van der Waals surface area contributed by atoms with Crippen LogP contribution in [0.1, 0.15) is 0 Å². The second-order valence-electron chi connectivity index (χ2n) is 2.85. The fourth-order valence-corrected chi connectivity index (χ4v) is 1.87. The molecule has 3 nitrogen and oxygen atoms in total. The minimum Gasteiger partial charge on any atom is -0.266 e. The maximum absolute atomic E-state index is 5.46. The molecule has 0 saturated heterocycles. The quantitative estimate of drug-likeness (QED) is 0.678. The zero-order valence-electron chi connectivity index (χ0n) is 7.61. The van der Waals surface area contributed by atoms with E-state index in [2.05, 4.69) is 37.4 Å². The summed E-state index contributed by atoms with van der Waals surface area (Å²) >= 11 is 7.66. The van der Waals surface area contributed by atoms with Crippen LogP contribution in [0.2, 0.25) is 0 Å². The molecule has 0 aliphatic rings. The molecule has 0 aliphatic carbocycles. The third-order valence-electron chi connectivity index (χ3n) is 1.88. The van der Waals surface area contributed by atoms with Crippen molar-refractivity contribution < 1.29 is 0 Å². The summed E-state index contributed by atoms with van der Waals surface area (Å²) in [5, 5.41) is 0. The lowest BCUT2D eigenvalue weighted by Crippen LogP contribution is -1.95. The van der Waals surface area contributed by atoms with Gasteiger partial charge < -0.3 is 0 Å². The monoisotopic (exact) mass is 331 g/mol. The van der Waals surface area contributed by atoms with Gasteiger partial charge in [-0.2, -0.15) is 0 Å². The van der Waals surface area contributed by atoms with E-state index in [0.29, 0.717) is 5.95 Å². The number of nitrogens with one attached hydrogen (secondary N) is 1. The van der Waals surface area contributed by atoms with E-state index in [0.717, 1.165) is 14.8 Å². The van der Waals surface area contributed by atoms with Gasteiger partial charge in [-0.3, -0.25) is 4.84 Å². The first-order chi connectivity index (χ1) is 7.31. The molecule has 0 fully saturated rings. The third-order valence-corrected chi connectivity index (χ3v) is 2.83. The molecule has 1 heterocycles. The fraction of sp³-hybridized carbons (Fsp3) is 0. The van der Waals surface area contributed by atoms with E-state index in [1.807, 2.05) is 30.3 Å². The molecule has 1 aromatic carbocycles. The van der Waals surface area contributed by atoms with Crippen LogP contribution in [-0.4, -0.2) is 9.97 Å². The van der Waals surface area contributed by atoms with E-state index in [1.54, 1.807) is 6.20 Å². The highest BCUT2D eigenvalue weighted by molar-refractivity contribution is 14.1.